The number of benzene rings is 1. The highest BCUT2D eigenvalue weighted by molar-refractivity contribution is 6.30. The highest BCUT2D eigenvalue weighted by Gasteiger charge is 2.31. The van der Waals surface area contributed by atoms with Gasteiger partial charge in [0.05, 0.1) is 0 Å². The van der Waals surface area contributed by atoms with Crippen LogP contribution in [0.15, 0.2) is 24.3 Å². The molecule has 2 nitrogen and oxygen atoms in total. The van der Waals surface area contributed by atoms with Gasteiger partial charge in [0.2, 0.25) is 0 Å². The Bertz CT molecular complexity index is 382. The van der Waals surface area contributed by atoms with E-state index >= 15 is 0 Å². The predicted molar refractivity (Wildman–Crippen MR) is 77.9 cm³/mol. The Labute approximate surface area is 115 Å². The van der Waals surface area contributed by atoms with Crippen LogP contribution < -0.4 is 5.73 Å². The van der Waals surface area contributed by atoms with Crippen LogP contribution in [0.3, 0.4) is 0 Å². The Morgan fingerprint density at radius 3 is 2.39 bits per heavy atom. The van der Waals surface area contributed by atoms with E-state index in [1.807, 2.05) is 12.1 Å². The Morgan fingerprint density at radius 1 is 1.28 bits per heavy atom. The molecular weight excluding hydrogens is 244 g/mol. The summed E-state index contributed by atoms with van der Waals surface area (Å²) in [7, 11) is 2.16. The lowest BCUT2D eigenvalue weighted by molar-refractivity contribution is 0.199. The molecule has 1 atom stereocenters. The molecule has 0 aromatic heterocycles. The van der Waals surface area contributed by atoms with Crippen LogP contribution in [0.2, 0.25) is 5.02 Å². The lowest BCUT2D eigenvalue weighted by Crippen LogP contribution is -2.47. The second-order valence-electron chi connectivity index (χ2n) is 5.71. The molecule has 1 aromatic rings. The van der Waals surface area contributed by atoms with Crippen molar-refractivity contribution in [3.63, 3.8) is 0 Å². The first-order chi connectivity index (χ1) is 8.50. The average Bonchev–Trinajstić information content (AvgIpc) is 2.76. The van der Waals surface area contributed by atoms with Crippen LogP contribution in [-0.2, 0) is 0 Å². The summed E-state index contributed by atoms with van der Waals surface area (Å²) in [6, 6.07) is 8.48. The zero-order valence-corrected chi connectivity index (χ0v) is 12.1. The largest absolute Gasteiger partial charge is 0.324 e. The number of nitrogens with two attached hydrogens (primary N) is 1. The normalized spacial score (nSPS) is 20.3. The van der Waals surface area contributed by atoms with E-state index in [4.69, 9.17) is 17.3 Å². The van der Waals surface area contributed by atoms with Crippen molar-refractivity contribution in [3.8, 4) is 0 Å². The van der Waals surface area contributed by atoms with Gasteiger partial charge in [-0.3, -0.25) is 4.90 Å². The van der Waals surface area contributed by atoms with E-state index in [2.05, 4.69) is 31.0 Å². The summed E-state index contributed by atoms with van der Waals surface area (Å²) in [4.78, 5) is 2.36. The molecule has 0 aliphatic heterocycles. The van der Waals surface area contributed by atoms with Crippen LogP contribution in [0, 0.1) is 0 Å². The summed E-state index contributed by atoms with van der Waals surface area (Å²) >= 11 is 5.92. The van der Waals surface area contributed by atoms with Crippen molar-refractivity contribution in [2.75, 3.05) is 13.6 Å². The standard InChI is InChI=1S/C15H23ClN2/c1-12(13-5-7-14(16)8-6-13)18(2)11-15(17)9-3-4-10-15/h5-8,12H,3-4,9-11,17H2,1-2H3. The Morgan fingerprint density at radius 2 is 1.83 bits per heavy atom. The summed E-state index contributed by atoms with van der Waals surface area (Å²) in [5.74, 6) is 0. The molecule has 0 amide bonds. The second kappa shape index (κ2) is 5.60. The zero-order valence-electron chi connectivity index (χ0n) is 11.3. The maximum absolute atomic E-state index is 6.44. The smallest absolute Gasteiger partial charge is 0.0406 e. The third-order valence-electron chi connectivity index (χ3n) is 4.18. The van der Waals surface area contributed by atoms with Crippen LogP contribution in [0.1, 0.15) is 44.2 Å². The van der Waals surface area contributed by atoms with Crippen LogP contribution in [0.5, 0.6) is 0 Å². The molecule has 18 heavy (non-hydrogen) atoms. The Hall–Kier alpha value is -0.570. The molecule has 1 aliphatic rings. The van der Waals surface area contributed by atoms with Crippen LogP contribution in [0.25, 0.3) is 0 Å². The first-order valence-corrected chi connectivity index (χ1v) is 7.13. The van der Waals surface area contributed by atoms with Gasteiger partial charge in [-0.05, 0) is 44.5 Å². The highest BCUT2D eigenvalue weighted by Crippen LogP contribution is 2.30. The van der Waals surface area contributed by atoms with Gasteiger partial charge in [0, 0.05) is 23.1 Å². The highest BCUT2D eigenvalue weighted by atomic mass is 35.5. The fourth-order valence-corrected chi connectivity index (χ4v) is 2.99. The van der Waals surface area contributed by atoms with Crippen LogP contribution in [-0.4, -0.2) is 24.0 Å². The molecule has 0 saturated heterocycles. The van der Waals surface area contributed by atoms with Crippen molar-refractivity contribution in [1.82, 2.24) is 4.90 Å². The van der Waals surface area contributed by atoms with Crippen molar-refractivity contribution < 1.29 is 0 Å². The predicted octanol–water partition coefficient (Wildman–Crippen LogP) is 3.60. The number of nitrogens with zero attached hydrogens (tertiary/aromatic N) is 1. The molecular formula is C15H23ClN2. The quantitative estimate of drug-likeness (QED) is 0.902. The maximum Gasteiger partial charge on any atom is 0.0406 e. The third kappa shape index (κ3) is 3.25. The van der Waals surface area contributed by atoms with E-state index in [-0.39, 0.29) is 5.54 Å². The molecule has 0 bridgehead atoms. The topological polar surface area (TPSA) is 29.3 Å². The number of likely N-dealkylation sites (N-methyl/N-ethyl adjacent to an activating group) is 1. The van der Waals surface area contributed by atoms with Gasteiger partial charge in [0.15, 0.2) is 0 Å². The van der Waals surface area contributed by atoms with Gasteiger partial charge in [0.25, 0.3) is 0 Å². The lowest BCUT2D eigenvalue weighted by Gasteiger charge is -2.33. The second-order valence-corrected chi connectivity index (χ2v) is 6.15. The van der Waals surface area contributed by atoms with Gasteiger partial charge in [-0.25, -0.2) is 0 Å². The van der Waals surface area contributed by atoms with E-state index in [9.17, 15) is 0 Å². The van der Waals surface area contributed by atoms with Gasteiger partial charge in [-0.1, -0.05) is 36.6 Å². The minimum absolute atomic E-state index is 0.0232. The summed E-state index contributed by atoms with van der Waals surface area (Å²) < 4.78 is 0. The number of rotatable bonds is 4. The fourth-order valence-electron chi connectivity index (χ4n) is 2.87. The molecule has 100 valence electrons. The molecule has 1 aliphatic carbocycles. The minimum Gasteiger partial charge on any atom is -0.324 e. The van der Waals surface area contributed by atoms with E-state index in [0.29, 0.717) is 6.04 Å². The molecule has 0 radical (unpaired) electrons. The molecule has 1 aromatic carbocycles. The van der Waals surface area contributed by atoms with Gasteiger partial charge >= 0.3 is 0 Å². The average molecular weight is 267 g/mol. The first kappa shape index (κ1) is 13.9. The lowest BCUT2D eigenvalue weighted by atomic mass is 9.97. The molecule has 0 spiro atoms. The summed E-state index contributed by atoms with van der Waals surface area (Å²) in [5, 5.41) is 0.791. The minimum atomic E-state index is 0.0232. The van der Waals surface area contributed by atoms with E-state index < -0.39 is 0 Å². The molecule has 2 rings (SSSR count). The maximum atomic E-state index is 6.44. The first-order valence-electron chi connectivity index (χ1n) is 6.75. The molecule has 3 heteroatoms. The summed E-state index contributed by atoms with van der Waals surface area (Å²) in [6.45, 7) is 3.19. The summed E-state index contributed by atoms with van der Waals surface area (Å²) in [5.41, 5.74) is 7.76. The molecule has 2 N–H and O–H groups in total. The number of halogens is 1. The molecule has 1 saturated carbocycles. The van der Waals surface area contributed by atoms with E-state index in [1.54, 1.807) is 0 Å². The van der Waals surface area contributed by atoms with Crippen molar-refractivity contribution in [3.05, 3.63) is 34.9 Å². The van der Waals surface area contributed by atoms with Crippen LogP contribution in [0.4, 0.5) is 0 Å². The number of hydrogen-bond donors (Lipinski definition) is 1. The van der Waals surface area contributed by atoms with Gasteiger partial charge in [-0.2, -0.15) is 0 Å². The van der Waals surface area contributed by atoms with E-state index in [1.165, 1.54) is 18.4 Å². The van der Waals surface area contributed by atoms with Crippen molar-refractivity contribution >= 4 is 11.6 Å². The zero-order chi connectivity index (χ0) is 13.2. The Kier molecular flexibility index (Phi) is 4.31. The van der Waals surface area contributed by atoms with Crippen LogP contribution >= 0.6 is 11.6 Å². The Balaban J connectivity index is 1.99. The molecule has 1 fully saturated rings. The summed E-state index contributed by atoms with van der Waals surface area (Å²) in [6.07, 6.45) is 4.87. The monoisotopic (exact) mass is 266 g/mol. The van der Waals surface area contributed by atoms with Crippen molar-refractivity contribution in [2.24, 2.45) is 5.73 Å². The van der Waals surface area contributed by atoms with Gasteiger partial charge in [-0.15, -0.1) is 0 Å². The van der Waals surface area contributed by atoms with Gasteiger partial charge < -0.3 is 5.73 Å². The fraction of sp³-hybridized carbons (Fsp3) is 0.600. The number of hydrogen-bond acceptors (Lipinski definition) is 2. The molecule has 0 heterocycles. The van der Waals surface area contributed by atoms with E-state index in [0.717, 1.165) is 24.4 Å². The van der Waals surface area contributed by atoms with Gasteiger partial charge in [0.1, 0.15) is 0 Å². The van der Waals surface area contributed by atoms with Crippen molar-refractivity contribution in [2.45, 2.75) is 44.2 Å². The van der Waals surface area contributed by atoms with Crippen molar-refractivity contribution in [1.29, 1.82) is 0 Å². The third-order valence-corrected chi connectivity index (χ3v) is 4.43. The SMILES string of the molecule is CC(c1ccc(Cl)cc1)N(C)CC1(N)CCCC1. The molecule has 1 unspecified atom stereocenters.